The monoisotopic (exact) mass is 292 g/mol. The van der Waals surface area contributed by atoms with Crippen LogP contribution < -0.4 is 10.6 Å². The van der Waals surface area contributed by atoms with E-state index in [0.717, 1.165) is 5.56 Å². The Bertz CT molecular complexity index is 540. The first-order valence-electron chi connectivity index (χ1n) is 6.51. The van der Waals surface area contributed by atoms with E-state index in [4.69, 9.17) is 9.84 Å². The lowest BCUT2D eigenvalue weighted by Crippen LogP contribution is -2.50. The van der Waals surface area contributed by atoms with Gasteiger partial charge in [-0.3, -0.25) is 9.59 Å². The highest BCUT2D eigenvalue weighted by Crippen LogP contribution is 2.35. The van der Waals surface area contributed by atoms with E-state index in [1.807, 2.05) is 30.3 Å². The minimum atomic E-state index is -1.13. The van der Waals surface area contributed by atoms with E-state index < -0.39 is 30.1 Å². The van der Waals surface area contributed by atoms with Gasteiger partial charge in [-0.2, -0.15) is 0 Å². The van der Waals surface area contributed by atoms with Crippen LogP contribution in [0.25, 0.3) is 0 Å². The number of ether oxygens (including phenoxy) is 1. The highest BCUT2D eigenvalue weighted by molar-refractivity contribution is 5.94. The second kappa shape index (κ2) is 6.25. The third-order valence-corrected chi connectivity index (χ3v) is 3.14. The third kappa shape index (κ3) is 4.20. The van der Waals surface area contributed by atoms with Crippen LogP contribution in [0.2, 0.25) is 0 Å². The molecule has 1 fully saturated rings. The molecule has 0 aromatic heterocycles. The molecular weight excluding hydrogens is 276 g/mol. The summed E-state index contributed by atoms with van der Waals surface area (Å²) in [6.45, 7) is -0.360. The van der Waals surface area contributed by atoms with Crippen LogP contribution in [0, 0.1) is 0 Å². The van der Waals surface area contributed by atoms with Gasteiger partial charge >= 0.3 is 12.1 Å². The quantitative estimate of drug-likeness (QED) is 0.714. The Hall–Kier alpha value is -2.57. The van der Waals surface area contributed by atoms with Crippen molar-refractivity contribution in [2.75, 3.05) is 6.54 Å². The molecule has 3 N–H and O–H groups in total. The Morgan fingerprint density at radius 3 is 2.43 bits per heavy atom. The summed E-state index contributed by atoms with van der Waals surface area (Å²) < 4.78 is 5.03. The van der Waals surface area contributed by atoms with Crippen molar-refractivity contribution in [3.63, 3.8) is 0 Å². The number of amides is 2. The first-order chi connectivity index (χ1) is 10.0. The molecular formula is C14H16N2O5. The van der Waals surface area contributed by atoms with E-state index in [1.54, 1.807) is 0 Å². The number of alkyl carbamates (subject to hydrolysis) is 1. The van der Waals surface area contributed by atoms with Gasteiger partial charge in [0.05, 0.1) is 0 Å². The predicted molar refractivity (Wildman–Crippen MR) is 72.4 cm³/mol. The van der Waals surface area contributed by atoms with Crippen LogP contribution >= 0.6 is 0 Å². The molecule has 2 rings (SSSR count). The molecule has 7 nitrogen and oxygen atoms in total. The lowest BCUT2D eigenvalue weighted by Gasteiger charge is -2.16. The van der Waals surface area contributed by atoms with Crippen LogP contribution in [0.5, 0.6) is 0 Å². The minimum Gasteiger partial charge on any atom is -0.480 e. The molecule has 0 aliphatic heterocycles. The Labute approximate surface area is 121 Å². The topological polar surface area (TPSA) is 105 Å². The number of carbonyl (C=O) groups is 3. The number of rotatable bonds is 6. The van der Waals surface area contributed by atoms with Gasteiger partial charge in [0.2, 0.25) is 5.91 Å². The summed E-state index contributed by atoms with van der Waals surface area (Å²) in [7, 11) is 0. The van der Waals surface area contributed by atoms with Crippen molar-refractivity contribution in [3.05, 3.63) is 35.9 Å². The van der Waals surface area contributed by atoms with Crippen molar-refractivity contribution in [1.29, 1.82) is 0 Å². The van der Waals surface area contributed by atoms with E-state index in [2.05, 4.69) is 10.6 Å². The van der Waals surface area contributed by atoms with Gasteiger partial charge in [-0.1, -0.05) is 30.3 Å². The molecule has 112 valence electrons. The normalized spacial score (nSPS) is 14.9. The van der Waals surface area contributed by atoms with Crippen LogP contribution in [-0.2, 0) is 20.9 Å². The van der Waals surface area contributed by atoms with Gasteiger partial charge in [-0.05, 0) is 18.4 Å². The molecule has 1 aromatic rings. The van der Waals surface area contributed by atoms with Crippen molar-refractivity contribution >= 4 is 18.0 Å². The Balaban J connectivity index is 1.79. The number of hydrogen-bond donors (Lipinski definition) is 3. The Morgan fingerprint density at radius 2 is 1.86 bits per heavy atom. The molecule has 1 aliphatic rings. The van der Waals surface area contributed by atoms with Gasteiger partial charge in [0.1, 0.15) is 18.7 Å². The van der Waals surface area contributed by atoms with Crippen LogP contribution in [0.3, 0.4) is 0 Å². The fourth-order valence-electron chi connectivity index (χ4n) is 1.81. The number of aliphatic carboxylic acids is 1. The number of carboxylic acid groups (broad SMARTS) is 1. The largest absolute Gasteiger partial charge is 0.480 e. The summed E-state index contributed by atoms with van der Waals surface area (Å²) in [4.78, 5) is 33.9. The van der Waals surface area contributed by atoms with Crippen LogP contribution in [-0.4, -0.2) is 35.2 Å². The summed E-state index contributed by atoms with van der Waals surface area (Å²) in [5, 5.41) is 13.3. The van der Waals surface area contributed by atoms with Gasteiger partial charge in [0.25, 0.3) is 0 Å². The molecule has 2 amide bonds. The zero-order chi connectivity index (χ0) is 15.3. The maximum absolute atomic E-state index is 11.8. The molecule has 0 spiro atoms. The molecule has 1 saturated carbocycles. The maximum atomic E-state index is 11.8. The first kappa shape index (κ1) is 14.8. The Morgan fingerprint density at radius 1 is 1.19 bits per heavy atom. The van der Waals surface area contributed by atoms with Gasteiger partial charge in [0.15, 0.2) is 0 Å². The highest BCUT2D eigenvalue weighted by Gasteiger charge is 2.51. The van der Waals surface area contributed by atoms with E-state index in [9.17, 15) is 14.4 Å². The summed E-state index contributed by atoms with van der Waals surface area (Å²) in [6, 6.07) is 9.16. The zero-order valence-corrected chi connectivity index (χ0v) is 11.3. The van der Waals surface area contributed by atoms with Crippen molar-refractivity contribution < 1.29 is 24.2 Å². The van der Waals surface area contributed by atoms with E-state index in [-0.39, 0.29) is 6.61 Å². The van der Waals surface area contributed by atoms with Gasteiger partial charge in [-0.15, -0.1) is 0 Å². The number of hydrogen-bond acceptors (Lipinski definition) is 4. The van der Waals surface area contributed by atoms with E-state index in [0.29, 0.717) is 12.8 Å². The average molecular weight is 292 g/mol. The average Bonchev–Trinajstić information content (AvgIpc) is 3.24. The first-order valence-corrected chi connectivity index (χ1v) is 6.51. The molecule has 0 atom stereocenters. The molecule has 7 heteroatoms. The molecule has 0 radical (unpaired) electrons. The third-order valence-electron chi connectivity index (χ3n) is 3.14. The SMILES string of the molecule is O=C(O)CNC(=O)C1(NC(=O)OCc2ccccc2)CC1. The lowest BCUT2D eigenvalue weighted by atomic mass is 10.2. The van der Waals surface area contributed by atoms with Crippen molar-refractivity contribution in [3.8, 4) is 0 Å². The Kier molecular flexibility index (Phi) is 4.42. The van der Waals surface area contributed by atoms with Gasteiger partial charge in [0, 0.05) is 0 Å². The molecule has 1 aromatic carbocycles. The fraction of sp³-hybridized carbons (Fsp3) is 0.357. The second-order valence-electron chi connectivity index (χ2n) is 4.85. The van der Waals surface area contributed by atoms with Crippen LogP contribution in [0.4, 0.5) is 4.79 Å². The van der Waals surface area contributed by atoms with Crippen molar-refractivity contribution in [1.82, 2.24) is 10.6 Å². The van der Waals surface area contributed by atoms with E-state index in [1.165, 1.54) is 0 Å². The molecule has 0 unspecified atom stereocenters. The summed E-state index contributed by atoms with van der Waals surface area (Å²) >= 11 is 0. The predicted octanol–water partition coefficient (Wildman–Crippen LogP) is 0.646. The van der Waals surface area contributed by atoms with Crippen LogP contribution in [0.15, 0.2) is 30.3 Å². The number of carboxylic acids is 1. The molecule has 0 bridgehead atoms. The number of benzene rings is 1. The maximum Gasteiger partial charge on any atom is 0.408 e. The summed E-state index contributed by atoms with van der Waals surface area (Å²) in [6.07, 6.45) is 0.249. The second-order valence-corrected chi connectivity index (χ2v) is 4.85. The van der Waals surface area contributed by atoms with Crippen LogP contribution in [0.1, 0.15) is 18.4 Å². The fourth-order valence-corrected chi connectivity index (χ4v) is 1.81. The number of carbonyl (C=O) groups excluding carboxylic acids is 2. The molecule has 1 aliphatic carbocycles. The van der Waals surface area contributed by atoms with Crippen molar-refractivity contribution in [2.24, 2.45) is 0 Å². The molecule has 21 heavy (non-hydrogen) atoms. The highest BCUT2D eigenvalue weighted by atomic mass is 16.5. The minimum absolute atomic E-state index is 0.111. The zero-order valence-electron chi connectivity index (χ0n) is 11.3. The summed E-state index contributed by atoms with van der Waals surface area (Å²) in [5.74, 6) is -1.63. The van der Waals surface area contributed by atoms with Crippen molar-refractivity contribution in [2.45, 2.75) is 25.0 Å². The number of nitrogens with one attached hydrogen (secondary N) is 2. The molecule has 0 heterocycles. The standard InChI is InChI=1S/C14H16N2O5/c17-11(18)8-15-12(19)14(6-7-14)16-13(20)21-9-10-4-2-1-3-5-10/h1-5H,6-9H2,(H,15,19)(H,16,20)(H,17,18). The van der Waals surface area contributed by atoms with Gasteiger partial charge in [-0.25, -0.2) is 4.79 Å². The van der Waals surface area contributed by atoms with Gasteiger partial charge < -0.3 is 20.5 Å². The molecule has 0 saturated heterocycles. The lowest BCUT2D eigenvalue weighted by molar-refractivity contribution is -0.138. The summed E-state index contributed by atoms with van der Waals surface area (Å²) in [5.41, 5.74) is -0.184. The van der Waals surface area contributed by atoms with E-state index >= 15 is 0 Å². The smallest absolute Gasteiger partial charge is 0.408 e.